The third kappa shape index (κ3) is 2.50. The van der Waals surface area contributed by atoms with Crippen molar-refractivity contribution < 1.29 is 9.47 Å². The number of alkyl halides is 1. The smallest absolute Gasteiger partial charge is 0.293 e. The lowest BCUT2D eigenvalue weighted by molar-refractivity contribution is -0.223. The molecule has 0 aromatic carbocycles. The van der Waals surface area contributed by atoms with Gasteiger partial charge in [0, 0.05) is 22.9 Å². The monoisotopic (exact) mass is 680 g/mol. The number of nitrogens with two attached hydrogens (primary N) is 9. The average molecular weight is 680 g/mol. The van der Waals surface area contributed by atoms with Gasteiger partial charge in [-0.05, 0) is 33.8 Å². The summed E-state index contributed by atoms with van der Waals surface area (Å²) in [5.74, 6) is -4.32. The fourth-order valence-corrected chi connectivity index (χ4v) is 6.86. The molecule has 2 heterocycles. The van der Waals surface area contributed by atoms with Gasteiger partial charge in [0.05, 0.1) is 0 Å². The molecule has 32 heavy (non-hydrogen) atoms. The molecule has 2 aliphatic rings. The molecule has 0 saturated carbocycles. The summed E-state index contributed by atoms with van der Waals surface area (Å²) in [6.45, 7) is 15.0. The van der Waals surface area contributed by atoms with Crippen molar-refractivity contribution >= 4 is 72.3 Å². The number of aliphatic imine (C=N–C) groups is 4. The van der Waals surface area contributed by atoms with Gasteiger partial charge in [-0.2, -0.15) is 0 Å². The van der Waals surface area contributed by atoms with Crippen LogP contribution in [-0.2, 0) is 9.47 Å². The lowest BCUT2D eigenvalue weighted by atomic mass is 9.68. The summed E-state index contributed by atoms with van der Waals surface area (Å²) in [6.07, 6.45) is 0. The zero-order chi connectivity index (χ0) is 25.4. The van der Waals surface area contributed by atoms with Crippen LogP contribution in [0.5, 0.6) is 0 Å². The van der Waals surface area contributed by atoms with Gasteiger partial charge >= 0.3 is 0 Å². The largest absolute Gasteiger partial charge is 0.318 e. The fourth-order valence-electron chi connectivity index (χ4n) is 4.09. The Labute approximate surface area is 212 Å². The maximum Gasteiger partial charge on any atom is 0.293 e. The third-order valence-electron chi connectivity index (χ3n) is 6.58. The number of rotatable bonds is 7. The number of nitrogens with zero attached hydrogens (tertiary/aromatic N) is 4. The summed E-state index contributed by atoms with van der Waals surface area (Å²) in [7, 11) is 0. The highest BCUT2D eigenvalue weighted by Gasteiger charge is 2.87. The molecule has 0 bridgehead atoms. The van der Waals surface area contributed by atoms with Crippen LogP contribution in [0.1, 0.15) is 6.92 Å². The topological polar surface area (TPSA) is 314 Å². The van der Waals surface area contributed by atoms with Crippen LogP contribution < -0.4 is 55.1 Å². The van der Waals surface area contributed by atoms with Gasteiger partial charge in [-0.1, -0.05) is 22.6 Å². The molecule has 2 saturated heterocycles. The number of halogens is 2. The van der Waals surface area contributed by atoms with Crippen LogP contribution in [0.25, 0.3) is 0 Å². The molecule has 0 aliphatic carbocycles. The first-order valence-electron chi connectivity index (χ1n) is 8.70. The van der Waals surface area contributed by atoms with E-state index < -0.39 is 49.2 Å². The molecule has 19 N–H and O–H groups in total. The van der Waals surface area contributed by atoms with Gasteiger partial charge in [0.15, 0.2) is 26.3 Å². The molecule has 0 amide bonds. The van der Waals surface area contributed by atoms with E-state index in [1.165, 1.54) is 6.92 Å². The minimum Gasteiger partial charge on any atom is -0.318 e. The molecule has 0 spiro atoms. The van der Waals surface area contributed by atoms with Crippen molar-refractivity contribution in [3.63, 3.8) is 0 Å². The summed E-state index contributed by atoms with van der Waals surface area (Å²) in [6, 6.07) is 0. The maximum absolute atomic E-state index is 6.80. The van der Waals surface area contributed by atoms with Crippen molar-refractivity contribution in [2.45, 2.75) is 56.1 Å². The minimum absolute atomic E-state index is 1.34. The van der Waals surface area contributed by atoms with Crippen LogP contribution in [0, 0.1) is 0 Å². The van der Waals surface area contributed by atoms with Gasteiger partial charge in [0.25, 0.3) is 11.7 Å². The molecule has 4 atom stereocenters. The highest BCUT2D eigenvalue weighted by molar-refractivity contribution is 14.1. The van der Waals surface area contributed by atoms with E-state index in [0.29, 0.717) is 0 Å². The SMILES string of the molecule is C=NC1(N=C)OC(N)(C(C)(N)C2(NI)OC(N=C)(N=C)C(N)(N)C2(N)I)C(N)(N)C1(N)N. The van der Waals surface area contributed by atoms with Crippen molar-refractivity contribution in [3.8, 4) is 0 Å². The Kier molecular flexibility index (Phi) is 6.39. The van der Waals surface area contributed by atoms with E-state index in [0.717, 1.165) is 0 Å². The number of nitrogens with one attached hydrogen (secondary N) is 1. The van der Waals surface area contributed by atoms with Gasteiger partial charge in [0.1, 0.15) is 11.2 Å². The molecule has 182 valence electrons. The van der Waals surface area contributed by atoms with E-state index in [2.05, 4.69) is 50.4 Å². The summed E-state index contributed by atoms with van der Waals surface area (Å²) < 4.78 is 13.0. The molecule has 0 aromatic heterocycles. The standard InChI is InChI=1S/C14H30I2N14O2/c1-6(17,11(25)9(21,22)10(23,24)14(28-4,29-5)31-11)12(30-16)7(15,18)8(19,20)13(26-2,27-3)32-12/h30H,2-5,17-25H2,1H3. The highest BCUT2D eigenvalue weighted by Crippen LogP contribution is 2.59. The van der Waals surface area contributed by atoms with E-state index in [1.807, 2.05) is 0 Å². The summed E-state index contributed by atoms with van der Waals surface area (Å²) in [5, 5.41) is 0. The number of hydrogen-bond donors (Lipinski definition) is 10. The molecule has 2 rings (SSSR count). The van der Waals surface area contributed by atoms with Gasteiger partial charge in [0.2, 0.25) is 0 Å². The number of ether oxygens (including phenoxy) is 2. The molecule has 4 unspecified atom stereocenters. The first kappa shape index (κ1) is 27.9. The molecule has 0 aromatic rings. The van der Waals surface area contributed by atoms with Gasteiger partial charge in [-0.3, -0.25) is 5.73 Å². The third-order valence-corrected chi connectivity index (χ3v) is 8.99. The Morgan fingerprint density at radius 3 is 1.41 bits per heavy atom. The van der Waals surface area contributed by atoms with Crippen LogP contribution in [-0.4, -0.2) is 76.1 Å². The van der Waals surface area contributed by atoms with Gasteiger partial charge in [-0.25, -0.2) is 23.5 Å². The zero-order valence-corrected chi connectivity index (χ0v) is 21.7. The van der Waals surface area contributed by atoms with Crippen molar-refractivity contribution in [3.05, 3.63) is 0 Å². The molecular weight excluding hydrogens is 650 g/mol. The first-order valence-corrected chi connectivity index (χ1v) is 10.9. The molecule has 0 radical (unpaired) electrons. The van der Waals surface area contributed by atoms with Crippen LogP contribution in [0.2, 0.25) is 0 Å². The predicted octanol–water partition coefficient (Wildman–Crippen LogP) is -4.90. The quantitative estimate of drug-likeness (QED) is 0.0302. The molecule has 18 heteroatoms. The Morgan fingerprint density at radius 1 is 0.750 bits per heavy atom. The summed E-state index contributed by atoms with van der Waals surface area (Å²) >= 11 is 3.41. The number of hydrogen-bond acceptors (Lipinski definition) is 16. The van der Waals surface area contributed by atoms with Crippen LogP contribution in [0.15, 0.2) is 20.0 Å². The van der Waals surface area contributed by atoms with Crippen LogP contribution >= 0.6 is 45.5 Å². The highest BCUT2D eigenvalue weighted by atomic mass is 127. The van der Waals surface area contributed by atoms with E-state index in [1.54, 1.807) is 45.5 Å². The van der Waals surface area contributed by atoms with Crippen molar-refractivity contribution in [1.29, 1.82) is 0 Å². The molecule has 2 aliphatic heterocycles. The summed E-state index contributed by atoms with van der Waals surface area (Å²) in [4.78, 5) is 15.2. The predicted molar refractivity (Wildman–Crippen MR) is 139 cm³/mol. The van der Waals surface area contributed by atoms with Crippen molar-refractivity contribution in [1.82, 2.24) is 3.53 Å². The Morgan fingerprint density at radius 2 is 1.12 bits per heavy atom. The Bertz CT molecular complexity index is 844. The lowest BCUT2D eigenvalue weighted by Crippen LogP contribution is -2.95. The van der Waals surface area contributed by atoms with Crippen LogP contribution in [0.3, 0.4) is 0 Å². The van der Waals surface area contributed by atoms with Crippen LogP contribution in [0.4, 0.5) is 0 Å². The molecule has 2 fully saturated rings. The van der Waals surface area contributed by atoms with Gasteiger partial charge in [-0.15, -0.1) is 0 Å². The van der Waals surface area contributed by atoms with E-state index in [-0.39, 0.29) is 0 Å². The van der Waals surface area contributed by atoms with E-state index >= 15 is 0 Å². The molecule has 16 nitrogen and oxygen atoms in total. The fraction of sp³-hybridized carbons (Fsp3) is 0.714. The zero-order valence-electron chi connectivity index (χ0n) is 17.4. The average Bonchev–Trinajstić information content (AvgIpc) is 2.93. The normalized spacial score (nSPS) is 40.2. The Hall–Kier alpha value is -0.340. The first-order chi connectivity index (χ1) is 14.2. The lowest BCUT2D eigenvalue weighted by Gasteiger charge is -2.57. The Balaban J connectivity index is 2.94. The maximum atomic E-state index is 6.80. The molecular formula is C14H30I2N14O2. The second-order valence-electron chi connectivity index (χ2n) is 8.09. The van der Waals surface area contributed by atoms with E-state index in [4.69, 9.17) is 61.1 Å². The summed E-state index contributed by atoms with van der Waals surface area (Å²) in [5.41, 5.74) is 44.7. The van der Waals surface area contributed by atoms with Crippen molar-refractivity contribution in [2.24, 2.45) is 71.6 Å². The van der Waals surface area contributed by atoms with Crippen molar-refractivity contribution in [2.75, 3.05) is 0 Å². The van der Waals surface area contributed by atoms with Gasteiger partial charge < -0.3 is 55.3 Å². The second-order valence-corrected chi connectivity index (χ2v) is 10.3. The van der Waals surface area contributed by atoms with E-state index in [9.17, 15) is 0 Å². The minimum atomic E-state index is -2.42. The second kappa shape index (κ2) is 7.33.